The monoisotopic (exact) mass is 169 g/mol. The van der Waals surface area contributed by atoms with Crippen molar-refractivity contribution in [3.8, 4) is 0 Å². The summed E-state index contributed by atoms with van der Waals surface area (Å²) in [5.74, 6) is 0. The van der Waals surface area contributed by atoms with Crippen LogP contribution < -0.4 is 0 Å². The van der Waals surface area contributed by atoms with E-state index in [0.717, 1.165) is 26.3 Å². The molecule has 0 aromatic carbocycles. The Hall–Kier alpha value is -0.340. The highest BCUT2D eigenvalue weighted by molar-refractivity contribution is 4.95. The molecule has 0 bridgehead atoms. The second-order valence-corrected chi connectivity index (χ2v) is 3.34. The van der Waals surface area contributed by atoms with Gasteiger partial charge in [-0.3, -0.25) is 4.90 Å². The number of allylic oxidation sites excluding steroid dienone is 1. The van der Waals surface area contributed by atoms with Crippen molar-refractivity contribution in [3.05, 3.63) is 11.6 Å². The van der Waals surface area contributed by atoms with Gasteiger partial charge in [0, 0.05) is 19.6 Å². The predicted octanol–water partition coefficient (Wildman–Crippen LogP) is 1.67. The summed E-state index contributed by atoms with van der Waals surface area (Å²) in [5.41, 5.74) is 1.49. The molecule has 0 N–H and O–H groups in total. The summed E-state index contributed by atoms with van der Waals surface area (Å²) in [4.78, 5) is 2.47. The molecule has 0 aromatic heterocycles. The Kier molecular flexibility index (Phi) is 4.33. The molecular weight excluding hydrogens is 150 g/mol. The Labute approximate surface area is 75.2 Å². The summed E-state index contributed by atoms with van der Waals surface area (Å²) in [6.07, 6.45) is 3.40. The molecule has 1 fully saturated rings. The minimum absolute atomic E-state index is 0.912. The zero-order valence-electron chi connectivity index (χ0n) is 8.18. The Morgan fingerprint density at radius 2 is 2.08 bits per heavy atom. The van der Waals surface area contributed by atoms with Gasteiger partial charge in [0.1, 0.15) is 0 Å². The van der Waals surface area contributed by atoms with Crippen LogP contribution in [0.1, 0.15) is 20.3 Å². The minimum Gasteiger partial charge on any atom is -0.379 e. The van der Waals surface area contributed by atoms with Gasteiger partial charge in [-0.1, -0.05) is 11.6 Å². The fourth-order valence-electron chi connectivity index (χ4n) is 1.30. The van der Waals surface area contributed by atoms with Crippen molar-refractivity contribution in [2.45, 2.75) is 20.3 Å². The maximum atomic E-state index is 5.28. The van der Waals surface area contributed by atoms with E-state index in [1.807, 2.05) is 0 Å². The van der Waals surface area contributed by atoms with E-state index in [1.54, 1.807) is 0 Å². The lowest BCUT2D eigenvalue weighted by atomic mass is 10.2. The van der Waals surface area contributed by atoms with Gasteiger partial charge in [-0.15, -0.1) is 0 Å². The second-order valence-electron chi connectivity index (χ2n) is 3.34. The molecule has 0 spiro atoms. The van der Waals surface area contributed by atoms with Gasteiger partial charge < -0.3 is 4.74 Å². The molecule has 1 aliphatic heterocycles. The van der Waals surface area contributed by atoms with Crippen LogP contribution in [0.5, 0.6) is 0 Å². The molecule has 1 saturated heterocycles. The van der Waals surface area contributed by atoms with Gasteiger partial charge in [0.25, 0.3) is 0 Å². The molecule has 0 amide bonds. The molecule has 1 aliphatic rings. The smallest absolute Gasteiger partial charge is 0.0594 e. The van der Waals surface area contributed by atoms with Crippen LogP contribution in [0.15, 0.2) is 11.6 Å². The summed E-state index contributed by atoms with van der Waals surface area (Å²) in [7, 11) is 0. The van der Waals surface area contributed by atoms with E-state index in [9.17, 15) is 0 Å². The number of ether oxygens (including phenoxy) is 1. The topological polar surface area (TPSA) is 12.5 Å². The number of hydrogen-bond donors (Lipinski definition) is 0. The standard InChI is InChI=1S/C10H19NO/c1-3-10(2)4-5-11-6-8-12-9-7-11/h3H,4-9H2,1-2H3. The number of hydrogen-bond acceptors (Lipinski definition) is 2. The lowest BCUT2D eigenvalue weighted by Gasteiger charge is -2.26. The van der Waals surface area contributed by atoms with E-state index in [4.69, 9.17) is 4.74 Å². The Morgan fingerprint density at radius 1 is 1.42 bits per heavy atom. The lowest BCUT2D eigenvalue weighted by molar-refractivity contribution is 0.0384. The highest BCUT2D eigenvalue weighted by Crippen LogP contribution is 2.03. The van der Waals surface area contributed by atoms with Crippen LogP contribution in [0.4, 0.5) is 0 Å². The van der Waals surface area contributed by atoms with Gasteiger partial charge >= 0.3 is 0 Å². The summed E-state index contributed by atoms with van der Waals surface area (Å²) in [5, 5.41) is 0. The molecule has 1 rings (SSSR count). The van der Waals surface area contributed by atoms with Gasteiger partial charge in [0.15, 0.2) is 0 Å². The van der Waals surface area contributed by atoms with E-state index >= 15 is 0 Å². The Balaban J connectivity index is 2.13. The second kappa shape index (κ2) is 5.33. The normalized spacial score (nSPS) is 21.3. The predicted molar refractivity (Wildman–Crippen MR) is 51.3 cm³/mol. The van der Waals surface area contributed by atoms with E-state index in [0.29, 0.717) is 0 Å². The van der Waals surface area contributed by atoms with Gasteiger partial charge in [0.05, 0.1) is 13.2 Å². The molecule has 2 nitrogen and oxygen atoms in total. The SMILES string of the molecule is CC=C(C)CCN1CCOCC1. The van der Waals surface area contributed by atoms with Crippen molar-refractivity contribution in [2.24, 2.45) is 0 Å². The fourth-order valence-corrected chi connectivity index (χ4v) is 1.30. The average molecular weight is 169 g/mol. The molecule has 12 heavy (non-hydrogen) atoms. The maximum absolute atomic E-state index is 5.28. The summed E-state index contributed by atoms with van der Waals surface area (Å²) < 4.78 is 5.28. The molecule has 0 aromatic rings. The van der Waals surface area contributed by atoms with Crippen molar-refractivity contribution in [3.63, 3.8) is 0 Å². The number of nitrogens with zero attached hydrogens (tertiary/aromatic N) is 1. The van der Waals surface area contributed by atoms with Gasteiger partial charge in [-0.2, -0.15) is 0 Å². The first-order valence-corrected chi connectivity index (χ1v) is 4.75. The first-order chi connectivity index (χ1) is 5.83. The molecule has 0 saturated carbocycles. The molecule has 1 heterocycles. The van der Waals surface area contributed by atoms with Crippen molar-refractivity contribution in [1.29, 1.82) is 0 Å². The molecule has 0 radical (unpaired) electrons. The van der Waals surface area contributed by atoms with Crippen LogP contribution in [0.3, 0.4) is 0 Å². The molecule has 2 heteroatoms. The highest BCUT2D eigenvalue weighted by atomic mass is 16.5. The first kappa shape index (κ1) is 9.75. The van der Waals surface area contributed by atoms with Gasteiger partial charge in [-0.05, 0) is 20.3 Å². The molecule has 70 valence electrons. The van der Waals surface area contributed by atoms with Crippen molar-refractivity contribution >= 4 is 0 Å². The third-order valence-electron chi connectivity index (χ3n) is 2.42. The molecule has 0 aliphatic carbocycles. The van der Waals surface area contributed by atoms with Crippen LogP contribution >= 0.6 is 0 Å². The molecule has 0 atom stereocenters. The van der Waals surface area contributed by atoms with Gasteiger partial charge in [-0.25, -0.2) is 0 Å². The summed E-state index contributed by atoms with van der Waals surface area (Å²) >= 11 is 0. The lowest BCUT2D eigenvalue weighted by Crippen LogP contribution is -2.36. The minimum atomic E-state index is 0.912. The average Bonchev–Trinajstić information content (AvgIpc) is 2.16. The fraction of sp³-hybridized carbons (Fsp3) is 0.800. The van der Waals surface area contributed by atoms with E-state index in [-0.39, 0.29) is 0 Å². The maximum Gasteiger partial charge on any atom is 0.0594 e. The number of morpholine rings is 1. The highest BCUT2D eigenvalue weighted by Gasteiger charge is 2.08. The van der Waals surface area contributed by atoms with Crippen LogP contribution in [-0.4, -0.2) is 37.7 Å². The molecule has 0 unspecified atom stereocenters. The third-order valence-corrected chi connectivity index (χ3v) is 2.42. The van der Waals surface area contributed by atoms with Crippen molar-refractivity contribution in [2.75, 3.05) is 32.8 Å². The van der Waals surface area contributed by atoms with Crippen LogP contribution in [-0.2, 0) is 4.74 Å². The van der Waals surface area contributed by atoms with E-state index in [2.05, 4.69) is 24.8 Å². The molecular formula is C10H19NO. The number of rotatable bonds is 3. The van der Waals surface area contributed by atoms with Crippen LogP contribution in [0, 0.1) is 0 Å². The zero-order valence-corrected chi connectivity index (χ0v) is 8.18. The third kappa shape index (κ3) is 3.37. The first-order valence-electron chi connectivity index (χ1n) is 4.75. The Morgan fingerprint density at radius 3 is 2.67 bits per heavy atom. The summed E-state index contributed by atoms with van der Waals surface area (Å²) in [6, 6.07) is 0. The largest absolute Gasteiger partial charge is 0.379 e. The van der Waals surface area contributed by atoms with Crippen molar-refractivity contribution in [1.82, 2.24) is 4.90 Å². The zero-order chi connectivity index (χ0) is 8.81. The van der Waals surface area contributed by atoms with E-state index < -0.39 is 0 Å². The van der Waals surface area contributed by atoms with Gasteiger partial charge in [0.2, 0.25) is 0 Å². The van der Waals surface area contributed by atoms with Crippen molar-refractivity contribution < 1.29 is 4.74 Å². The quantitative estimate of drug-likeness (QED) is 0.596. The Bertz CT molecular complexity index is 148. The van der Waals surface area contributed by atoms with E-state index in [1.165, 1.54) is 18.5 Å². The van der Waals surface area contributed by atoms with Crippen LogP contribution in [0.2, 0.25) is 0 Å². The van der Waals surface area contributed by atoms with Crippen LogP contribution in [0.25, 0.3) is 0 Å². The summed E-state index contributed by atoms with van der Waals surface area (Å²) in [6.45, 7) is 9.53.